The predicted molar refractivity (Wildman–Crippen MR) is 45.8 cm³/mol. The fourth-order valence-electron chi connectivity index (χ4n) is 1.40. The van der Waals surface area contributed by atoms with Crippen molar-refractivity contribution in [3.63, 3.8) is 0 Å². The fraction of sp³-hybridized carbons (Fsp3) is 0.400. The van der Waals surface area contributed by atoms with E-state index in [1.807, 2.05) is 37.3 Å². The number of hydrogen-bond acceptors (Lipinski definition) is 2. The number of aliphatic hydroxyl groups excluding tert-OH is 1. The molecule has 64 valence electrons. The Labute approximate surface area is 71.8 Å². The van der Waals surface area contributed by atoms with E-state index in [1.54, 1.807) is 0 Å². The molecule has 2 nitrogen and oxygen atoms in total. The van der Waals surface area contributed by atoms with Crippen LogP contribution >= 0.6 is 0 Å². The molecule has 2 heteroatoms. The van der Waals surface area contributed by atoms with E-state index in [9.17, 15) is 0 Å². The molecule has 1 saturated heterocycles. The summed E-state index contributed by atoms with van der Waals surface area (Å²) in [6.45, 7) is 2.01. The fourth-order valence-corrected chi connectivity index (χ4v) is 1.40. The van der Waals surface area contributed by atoms with E-state index in [4.69, 9.17) is 9.84 Å². The minimum atomic E-state index is -0.332. The second kappa shape index (κ2) is 2.57. The molecule has 0 aromatic heterocycles. The van der Waals surface area contributed by atoms with Crippen molar-refractivity contribution in [2.75, 3.05) is 6.61 Å². The summed E-state index contributed by atoms with van der Waals surface area (Å²) in [4.78, 5) is 0. The van der Waals surface area contributed by atoms with E-state index >= 15 is 0 Å². The normalized spacial score (nSPS) is 33.3. The zero-order chi connectivity index (χ0) is 8.60. The summed E-state index contributed by atoms with van der Waals surface area (Å²) in [6, 6.07) is 9.98. The quantitative estimate of drug-likeness (QED) is 0.672. The maximum absolute atomic E-state index is 8.97. The van der Waals surface area contributed by atoms with Crippen molar-refractivity contribution < 1.29 is 9.84 Å². The van der Waals surface area contributed by atoms with Crippen molar-refractivity contribution in [3.05, 3.63) is 35.9 Å². The summed E-state index contributed by atoms with van der Waals surface area (Å²) in [6.07, 6.45) is 0.0868. The van der Waals surface area contributed by atoms with Gasteiger partial charge in [0.15, 0.2) is 0 Å². The van der Waals surface area contributed by atoms with Crippen LogP contribution in [-0.4, -0.2) is 17.3 Å². The molecule has 0 amide bonds. The average molecular weight is 164 g/mol. The van der Waals surface area contributed by atoms with Gasteiger partial charge in [0.1, 0.15) is 11.7 Å². The molecule has 0 saturated carbocycles. The van der Waals surface area contributed by atoms with Crippen molar-refractivity contribution >= 4 is 0 Å². The Kier molecular flexibility index (Phi) is 1.67. The first-order valence-corrected chi connectivity index (χ1v) is 4.10. The SMILES string of the molecule is C[C@]1(CO)OC1c1ccccc1. The monoisotopic (exact) mass is 164 g/mol. The van der Waals surface area contributed by atoms with Crippen LogP contribution in [0.4, 0.5) is 0 Å². The Hall–Kier alpha value is -0.860. The third-order valence-corrected chi connectivity index (χ3v) is 2.30. The van der Waals surface area contributed by atoms with E-state index in [-0.39, 0.29) is 18.3 Å². The number of epoxide rings is 1. The molecule has 0 radical (unpaired) electrons. The van der Waals surface area contributed by atoms with Gasteiger partial charge in [0.05, 0.1) is 6.61 Å². The van der Waals surface area contributed by atoms with E-state index in [0.717, 1.165) is 5.56 Å². The molecule has 0 bridgehead atoms. The Morgan fingerprint density at radius 2 is 2.08 bits per heavy atom. The first-order valence-electron chi connectivity index (χ1n) is 4.10. The molecule has 1 aromatic carbocycles. The van der Waals surface area contributed by atoms with E-state index in [1.165, 1.54) is 0 Å². The molecule has 1 N–H and O–H groups in total. The zero-order valence-corrected chi connectivity index (χ0v) is 7.03. The smallest absolute Gasteiger partial charge is 0.120 e. The minimum absolute atomic E-state index is 0.0868. The average Bonchev–Trinajstić information content (AvgIpc) is 2.81. The number of benzene rings is 1. The Morgan fingerprint density at radius 1 is 1.42 bits per heavy atom. The lowest BCUT2D eigenvalue weighted by molar-refractivity contribution is 0.184. The van der Waals surface area contributed by atoms with Crippen LogP contribution in [0.25, 0.3) is 0 Å². The first kappa shape index (κ1) is 7.77. The van der Waals surface area contributed by atoms with Crippen molar-refractivity contribution in [2.45, 2.75) is 18.6 Å². The molecule has 12 heavy (non-hydrogen) atoms. The molecule has 1 aliphatic rings. The summed E-state index contributed by atoms with van der Waals surface area (Å²) >= 11 is 0. The molecule has 1 fully saturated rings. The van der Waals surface area contributed by atoms with Crippen LogP contribution in [0.3, 0.4) is 0 Å². The van der Waals surface area contributed by atoms with E-state index in [2.05, 4.69) is 0 Å². The van der Waals surface area contributed by atoms with Crippen LogP contribution < -0.4 is 0 Å². The Bertz CT molecular complexity index is 270. The standard InChI is InChI=1S/C10H12O2/c1-10(7-11)9(12-10)8-5-3-2-4-6-8/h2-6,9,11H,7H2,1H3/t9?,10-/m1/s1. The summed E-state index contributed by atoms with van der Waals surface area (Å²) < 4.78 is 5.39. The van der Waals surface area contributed by atoms with Crippen LogP contribution in [0.2, 0.25) is 0 Å². The van der Waals surface area contributed by atoms with Crippen LogP contribution in [0, 0.1) is 0 Å². The first-order chi connectivity index (χ1) is 5.76. The lowest BCUT2D eigenvalue weighted by Crippen LogP contribution is -2.11. The highest BCUT2D eigenvalue weighted by atomic mass is 16.6. The topological polar surface area (TPSA) is 32.8 Å². The highest BCUT2D eigenvalue weighted by Crippen LogP contribution is 2.48. The third-order valence-electron chi connectivity index (χ3n) is 2.30. The molecule has 1 aromatic rings. The molecular formula is C10H12O2. The van der Waals surface area contributed by atoms with Gasteiger partial charge in [0, 0.05) is 0 Å². The van der Waals surface area contributed by atoms with E-state index < -0.39 is 0 Å². The van der Waals surface area contributed by atoms with Gasteiger partial charge in [-0.2, -0.15) is 0 Å². The van der Waals surface area contributed by atoms with Gasteiger partial charge in [0.25, 0.3) is 0 Å². The second-order valence-electron chi connectivity index (χ2n) is 3.38. The van der Waals surface area contributed by atoms with Gasteiger partial charge in [-0.3, -0.25) is 0 Å². The lowest BCUT2D eigenvalue weighted by Gasteiger charge is -1.99. The van der Waals surface area contributed by atoms with Crippen LogP contribution in [0.5, 0.6) is 0 Å². The highest BCUT2D eigenvalue weighted by molar-refractivity contribution is 5.25. The molecule has 1 aliphatic heterocycles. The van der Waals surface area contributed by atoms with Gasteiger partial charge in [-0.15, -0.1) is 0 Å². The summed E-state index contributed by atoms with van der Waals surface area (Å²) in [5, 5.41) is 8.97. The number of ether oxygens (including phenoxy) is 1. The van der Waals surface area contributed by atoms with Gasteiger partial charge in [-0.25, -0.2) is 0 Å². The van der Waals surface area contributed by atoms with Gasteiger partial charge in [0.2, 0.25) is 0 Å². The van der Waals surface area contributed by atoms with Crippen LogP contribution in [0.15, 0.2) is 30.3 Å². The minimum Gasteiger partial charge on any atom is -0.393 e. The maximum Gasteiger partial charge on any atom is 0.120 e. The second-order valence-corrected chi connectivity index (χ2v) is 3.38. The van der Waals surface area contributed by atoms with Crippen molar-refractivity contribution in [1.29, 1.82) is 0 Å². The lowest BCUT2D eigenvalue weighted by atomic mass is 10.0. The summed E-state index contributed by atoms with van der Waals surface area (Å²) in [5.74, 6) is 0. The van der Waals surface area contributed by atoms with Gasteiger partial charge >= 0.3 is 0 Å². The van der Waals surface area contributed by atoms with E-state index in [0.29, 0.717) is 0 Å². The van der Waals surface area contributed by atoms with Crippen molar-refractivity contribution in [3.8, 4) is 0 Å². The zero-order valence-electron chi connectivity index (χ0n) is 7.03. The molecular weight excluding hydrogens is 152 g/mol. The van der Waals surface area contributed by atoms with Crippen LogP contribution in [0.1, 0.15) is 18.6 Å². The Balaban J connectivity index is 2.16. The van der Waals surface area contributed by atoms with Gasteiger partial charge in [-0.1, -0.05) is 30.3 Å². The molecule has 1 unspecified atom stereocenters. The predicted octanol–water partition coefficient (Wildman–Crippen LogP) is 1.51. The molecule has 0 aliphatic carbocycles. The maximum atomic E-state index is 8.97. The summed E-state index contributed by atoms with van der Waals surface area (Å²) in [5.41, 5.74) is 0.815. The number of hydrogen-bond donors (Lipinski definition) is 1. The largest absolute Gasteiger partial charge is 0.393 e. The van der Waals surface area contributed by atoms with Crippen molar-refractivity contribution in [2.24, 2.45) is 0 Å². The Morgan fingerprint density at radius 3 is 2.58 bits per heavy atom. The molecule has 2 atom stereocenters. The van der Waals surface area contributed by atoms with Gasteiger partial charge < -0.3 is 9.84 Å². The molecule has 2 rings (SSSR count). The number of rotatable bonds is 2. The highest BCUT2D eigenvalue weighted by Gasteiger charge is 2.52. The summed E-state index contributed by atoms with van der Waals surface area (Å²) in [7, 11) is 0. The molecule has 1 heterocycles. The van der Waals surface area contributed by atoms with Crippen LogP contribution in [-0.2, 0) is 4.74 Å². The third kappa shape index (κ3) is 1.13. The van der Waals surface area contributed by atoms with Gasteiger partial charge in [-0.05, 0) is 12.5 Å². The molecule has 0 spiro atoms. The number of aliphatic hydroxyl groups is 1. The van der Waals surface area contributed by atoms with Crippen molar-refractivity contribution in [1.82, 2.24) is 0 Å².